The van der Waals surface area contributed by atoms with E-state index >= 15 is 0 Å². The summed E-state index contributed by atoms with van der Waals surface area (Å²) in [5, 5.41) is 3.08. The van der Waals surface area contributed by atoms with Crippen LogP contribution in [-0.4, -0.2) is 35.4 Å². The predicted molar refractivity (Wildman–Crippen MR) is 120 cm³/mol. The minimum atomic E-state index is -0.194. The summed E-state index contributed by atoms with van der Waals surface area (Å²) in [4.78, 5) is 32.0. The zero-order valence-electron chi connectivity index (χ0n) is 18.4. The number of carbonyl (C=O) groups is 2. The van der Waals surface area contributed by atoms with Crippen molar-refractivity contribution in [2.75, 3.05) is 13.7 Å². The number of methoxy groups -OCH3 is 1. The first-order valence-corrected chi connectivity index (χ1v) is 10.4. The summed E-state index contributed by atoms with van der Waals surface area (Å²) in [6.07, 6.45) is 0.881. The van der Waals surface area contributed by atoms with Crippen molar-refractivity contribution in [2.45, 2.75) is 39.7 Å². The lowest BCUT2D eigenvalue weighted by atomic mass is 10.0. The Balaban J connectivity index is 1.53. The number of fused-ring (bicyclic) bond motifs is 1. The molecule has 3 aromatic rings. The number of H-pyrrole nitrogens is 1. The van der Waals surface area contributed by atoms with Gasteiger partial charge in [-0.2, -0.15) is 0 Å². The standard InChI is InChI=1S/C24H29N3O4/c1-15(2)23(24-25-18-8-5-6-9-19(18)26-24)27-22(29)10-7-13-31-20-12-11-17(16(3)28)14-21(20)30-4/h5-6,8-9,11-12,14-15,23H,7,10,13H2,1-4H3,(H,25,26)(H,27,29)/t23-/m0/s1. The molecule has 0 radical (unpaired) electrons. The van der Waals surface area contributed by atoms with Gasteiger partial charge in [0.1, 0.15) is 5.82 Å². The molecule has 1 aromatic heterocycles. The van der Waals surface area contributed by atoms with Crippen LogP contribution >= 0.6 is 0 Å². The number of carbonyl (C=O) groups excluding carboxylic acids is 2. The highest BCUT2D eigenvalue weighted by atomic mass is 16.5. The van der Waals surface area contributed by atoms with E-state index < -0.39 is 0 Å². The number of hydrogen-bond acceptors (Lipinski definition) is 5. The van der Waals surface area contributed by atoms with Crippen LogP contribution in [0.3, 0.4) is 0 Å². The largest absolute Gasteiger partial charge is 0.493 e. The van der Waals surface area contributed by atoms with Gasteiger partial charge < -0.3 is 19.8 Å². The number of para-hydroxylation sites is 2. The molecule has 31 heavy (non-hydrogen) atoms. The lowest BCUT2D eigenvalue weighted by Crippen LogP contribution is -2.32. The normalized spacial score (nSPS) is 12.0. The second-order valence-electron chi connectivity index (χ2n) is 7.80. The van der Waals surface area contributed by atoms with Crippen LogP contribution in [0.25, 0.3) is 11.0 Å². The summed E-state index contributed by atoms with van der Waals surface area (Å²) in [7, 11) is 1.53. The Morgan fingerprint density at radius 3 is 2.58 bits per heavy atom. The van der Waals surface area contributed by atoms with Gasteiger partial charge in [0.15, 0.2) is 17.3 Å². The van der Waals surface area contributed by atoms with Gasteiger partial charge in [0.25, 0.3) is 0 Å². The number of Topliss-reactive ketones (excluding diaryl/α,β-unsaturated/α-hetero) is 1. The van der Waals surface area contributed by atoms with E-state index in [0.717, 1.165) is 16.9 Å². The first kappa shape index (κ1) is 22.3. The summed E-state index contributed by atoms with van der Waals surface area (Å²) in [5.74, 6) is 1.91. The van der Waals surface area contributed by atoms with Gasteiger partial charge in [0, 0.05) is 12.0 Å². The Kier molecular flexibility index (Phi) is 7.28. The molecule has 2 N–H and O–H groups in total. The van der Waals surface area contributed by atoms with Gasteiger partial charge >= 0.3 is 0 Å². The van der Waals surface area contributed by atoms with E-state index in [1.54, 1.807) is 18.2 Å². The minimum absolute atomic E-state index is 0.0364. The SMILES string of the molecule is COc1cc(C(C)=O)ccc1OCCCC(=O)N[C@H](c1nc2ccccc2[nH]1)C(C)C. The van der Waals surface area contributed by atoms with Gasteiger partial charge in [-0.1, -0.05) is 26.0 Å². The maximum absolute atomic E-state index is 12.5. The molecule has 0 bridgehead atoms. The van der Waals surface area contributed by atoms with E-state index in [2.05, 4.69) is 29.1 Å². The van der Waals surface area contributed by atoms with Crippen molar-refractivity contribution < 1.29 is 19.1 Å². The molecule has 0 aliphatic rings. The third-order valence-corrected chi connectivity index (χ3v) is 5.06. The highest BCUT2D eigenvalue weighted by Crippen LogP contribution is 2.28. The van der Waals surface area contributed by atoms with Gasteiger partial charge in [0.2, 0.25) is 5.91 Å². The smallest absolute Gasteiger partial charge is 0.220 e. The summed E-state index contributed by atoms with van der Waals surface area (Å²) in [5.41, 5.74) is 2.40. The monoisotopic (exact) mass is 423 g/mol. The van der Waals surface area contributed by atoms with Crippen LogP contribution in [0.1, 0.15) is 55.8 Å². The summed E-state index contributed by atoms with van der Waals surface area (Å²) in [6, 6.07) is 12.7. The highest BCUT2D eigenvalue weighted by molar-refractivity contribution is 5.94. The number of amides is 1. The molecule has 7 heteroatoms. The average molecular weight is 424 g/mol. The molecule has 0 spiro atoms. The topological polar surface area (TPSA) is 93.3 Å². The van der Waals surface area contributed by atoms with Crippen LogP contribution in [0.15, 0.2) is 42.5 Å². The molecule has 1 heterocycles. The molecule has 7 nitrogen and oxygen atoms in total. The molecule has 0 aliphatic carbocycles. The van der Waals surface area contributed by atoms with E-state index in [1.807, 2.05) is 24.3 Å². The van der Waals surface area contributed by atoms with Gasteiger partial charge in [-0.3, -0.25) is 9.59 Å². The van der Waals surface area contributed by atoms with E-state index in [0.29, 0.717) is 36.5 Å². The Labute approximate surface area is 182 Å². The van der Waals surface area contributed by atoms with E-state index in [-0.39, 0.29) is 23.7 Å². The molecule has 0 unspecified atom stereocenters. The lowest BCUT2D eigenvalue weighted by molar-refractivity contribution is -0.122. The van der Waals surface area contributed by atoms with Gasteiger partial charge in [-0.25, -0.2) is 4.98 Å². The number of rotatable bonds is 10. The molecule has 1 atom stereocenters. The van der Waals surface area contributed by atoms with Crippen molar-refractivity contribution in [1.29, 1.82) is 0 Å². The maximum Gasteiger partial charge on any atom is 0.220 e. The van der Waals surface area contributed by atoms with E-state index in [9.17, 15) is 9.59 Å². The van der Waals surface area contributed by atoms with Crippen LogP contribution in [-0.2, 0) is 4.79 Å². The van der Waals surface area contributed by atoms with Crippen molar-refractivity contribution in [3.63, 3.8) is 0 Å². The number of ketones is 1. The number of benzene rings is 2. The quantitative estimate of drug-likeness (QED) is 0.371. The fourth-order valence-electron chi connectivity index (χ4n) is 3.34. The second kappa shape index (κ2) is 10.1. The Morgan fingerprint density at radius 2 is 1.90 bits per heavy atom. The summed E-state index contributed by atoms with van der Waals surface area (Å²) in [6.45, 7) is 5.97. The fourth-order valence-corrected chi connectivity index (χ4v) is 3.34. The maximum atomic E-state index is 12.5. The molecule has 2 aromatic carbocycles. The highest BCUT2D eigenvalue weighted by Gasteiger charge is 2.21. The molecular formula is C24H29N3O4. The number of ether oxygens (including phenoxy) is 2. The molecule has 0 fully saturated rings. The first-order valence-electron chi connectivity index (χ1n) is 10.4. The van der Waals surface area contributed by atoms with Crippen molar-refractivity contribution in [3.05, 3.63) is 53.9 Å². The third-order valence-electron chi connectivity index (χ3n) is 5.06. The molecule has 0 saturated heterocycles. The Bertz CT molecular complexity index is 1020. The molecular weight excluding hydrogens is 394 g/mol. The van der Waals surface area contributed by atoms with Crippen LogP contribution in [0.5, 0.6) is 11.5 Å². The summed E-state index contributed by atoms with van der Waals surface area (Å²) >= 11 is 0. The van der Waals surface area contributed by atoms with Crippen molar-refractivity contribution >= 4 is 22.7 Å². The van der Waals surface area contributed by atoms with Gasteiger partial charge in [-0.15, -0.1) is 0 Å². The number of aromatic nitrogens is 2. The summed E-state index contributed by atoms with van der Waals surface area (Å²) < 4.78 is 11.1. The van der Waals surface area contributed by atoms with E-state index in [4.69, 9.17) is 9.47 Å². The number of imidazole rings is 1. The average Bonchev–Trinajstić information content (AvgIpc) is 3.18. The zero-order chi connectivity index (χ0) is 22.4. The van der Waals surface area contributed by atoms with Crippen LogP contribution in [0.2, 0.25) is 0 Å². The Morgan fingerprint density at radius 1 is 1.13 bits per heavy atom. The van der Waals surface area contributed by atoms with Crippen LogP contribution < -0.4 is 14.8 Å². The second-order valence-corrected chi connectivity index (χ2v) is 7.80. The van der Waals surface area contributed by atoms with Gasteiger partial charge in [-0.05, 0) is 49.6 Å². The minimum Gasteiger partial charge on any atom is -0.493 e. The molecule has 1 amide bonds. The van der Waals surface area contributed by atoms with E-state index in [1.165, 1.54) is 14.0 Å². The number of nitrogens with zero attached hydrogens (tertiary/aromatic N) is 1. The Hall–Kier alpha value is -3.35. The number of nitrogens with one attached hydrogen (secondary N) is 2. The third kappa shape index (κ3) is 5.63. The fraction of sp³-hybridized carbons (Fsp3) is 0.375. The van der Waals surface area contributed by atoms with Crippen LogP contribution in [0.4, 0.5) is 0 Å². The molecule has 3 rings (SSSR count). The molecule has 0 saturated carbocycles. The zero-order valence-corrected chi connectivity index (χ0v) is 18.4. The molecule has 164 valence electrons. The molecule has 0 aliphatic heterocycles. The first-order chi connectivity index (χ1) is 14.9. The number of hydrogen-bond donors (Lipinski definition) is 2. The van der Waals surface area contributed by atoms with Crippen molar-refractivity contribution in [3.8, 4) is 11.5 Å². The number of aromatic amines is 1. The van der Waals surface area contributed by atoms with Crippen molar-refractivity contribution in [1.82, 2.24) is 15.3 Å². The lowest BCUT2D eigenvalue weighted by Gasteiger charge is -2.20. The van der Waals surface area contributed by atoms with Crippen LogP contribution in [0, 0.1) is 5.92 Å². The van der Waals surface area contributed by atoms with Gasteiger partial charge in [0.05, 0.1) is 30.8 Å². The van der Waals surface area contributed by atoms with Crippen molar-refractivity contribution in [2.24, 2.45) is 5.92 Å². The predicted octanol–water partition coefficient (Wildman–Crippen LogP) is 4.45.